The Labute approximate surface area is 119 Å². The molecular weight excluding hydrogens is 315 g/mol. The van der Waals surface area contributed by atoms with Gasteiger partial charge in [0.1, 0.15) is 0 Å². The van der Waals surface area contributed by atoms with Crippen molar-refractivity contribution < 1.29 is 13.6 Å². The van der Waals surface area contributed by atoms with E-state index in [1.54, 1.807) is 0 Å². The molecule has 0 saturated heterocycles. The van der Waals surface area contributed by atoms with E-state index in [-0.39, 0.29) is 0 Å². The first kappa shape index (κ1) is 16.1. The van der Waals surface area contributed by atoms with Crippen LogP contribution in [0.2, 0.25) is 0 Å². The maximum atomic E-state index is 5.83. The van der Waals surface area contributed by atoms with Crippen molar-refractivity contribution in [2.24, 2.45) is 0 Å². The van der Waals surface area contributed by atoms with Crippen molar-refractivity contribution in [2.45, 2.75) is 26.9 Å². The zero-order chi connectivity index (χ0) is 13.4. The van der Waals surface area contributed by atoms with Gasteiger partial charge in [-0.1, -0.05) is 0 Å². The third-order valence-electron chi connectivity index (χ3n) is 2.43. The normalized spacial score (nSPS) is 12.7. The summed E-state index contributed by atoms with van der Waals surface area (Å²) in [5.74, 6) is 0. The van der Waals surface area contributed by atoms with E-state index < -0.39 is 7.94 Å². The van der Waals surface area contributed by atoms with E-state index in [1.807, 2.05) is 32.9 Å². The Morgan fingerprint density at radius 1 is 0.889 bits per heavy atom. The average Bonchev–Trinajstić information content (AvgIpc) is 2.33. The number of rotatable bonds is 8. The fraction of sp³-hybridized carbons (Fsp3) is 0.538. The van der Waals surface area contributed by atoms with Crippen molar-refractivity contribution in [3.05, 3.63) is 34.3 Å². The second-order valence-electron chi connectivity index (χ2n) is 3.79. The standard InChI is InChI=1S/C13H22BrO3P/c1-4-15-18(16-5-2,17-6-3)11-12-7-9-13(14)10-8-12/h7-10,18H,4-6,11H2,1-3H3. The van der Waals surface area contributed by atoms with E-state index in [1.165, 1.54) is 5.56 Å². The molecule has 0 aliphatic heterocycles. The quantitative estimate of drug-likeness (QED) is 0.651. The minimum absolute atomic E-state index is 0.614. The molecule has 0 aliphatic carbocycles. The molecule has 0 atom stereocenters. The van der Waals surface area contributed by atoms with Crippen LogP contribution < -0.4 is 0 Å². The molecular formula is C13H22BrO3P. The van der Waals surface area contributed by atoms with Gasteiger partial charge in [0, 0.05) is 0 Å². The van der Waals surface area contributed by atoms with Gasteiger partial charge in [-0.05, 0) is 0 Å². The van der Waals surface area contributed by atoms with E-state index in [2.05, 4.69) is 28.1 Å². The fourth-order valence-electron chi connectivity index (χ4n) is 1.79. The summed E-state index contributed by atoms with van der Waals surface area (Å²) in [4.78, 5) is 0. The van der Waals surface area contributed by atoms with Gasteiger partial charge in [-0.15, -0.1) is 0 Å². The molecule has 0 amide bonds. The second-order valence-corrected chi connectivity index (χ2v) is 7.29. The molecule has 0 N–H and O–H groups in total. The van der Waals surface area contributed by atoms with Crippen molar-refractivity contribution >= 4 is 23.9 Å². The van der Waals surface area contributed by atoms with Gasteiger partial charge in [0.15, 0.2) is 0 Å². The molecule has 104 valence electrons. The van der Waals surface area contributed by atoms with Crippen molar-refractivity contribution in [2.75, 3.05) is 19.8 Å². The monoisotopic (exact) mass is 336 g/mol. The summed E-state index contributed by atoms with van der Waals surface area (Å²) >= 11 is 3.43. The Bertz CT molecular complexity index is 326. The van der Waals surface area contributed by atoms with Crippen LogP contribution in [0, 0.1) is 0 Å². The molecule has 0 saturated carbocycles. The first-order chi connectivity index (χ1) is 8.65. The minimum atomic E-state index is -2.57. The van der Waals surface area contributed by atoms with E-state index in [0.29, 0.717) is 19.8 Å². The van der Waals surface area contributed by atoms with Gasteiger partial charge in [-0.3, -0.25) is 0 Å². The average molecular weight is 337 g/mol. The Hall–Kier alpha value is 0.01000. The third-order valence-corrected chi connectivity index (χ3v) is 5.98. The van der Waals surface area contributed by atoms with Crippen molar-refractivity contribution in [1.82, 2.24) is 0 Å². The maximum absolute atomic E-state index is 5.83. The third kappa shape index (κ3) is 4.94. The van der Waals surface area contributed by atoms with Gasteiger partial charge in [0.2, 0.25) is 0 Å². The summed E-state index contributed by atoms with van der Waals surface area (Å²) in [7, 11) is -2.57. The summed E-state index contributed by atoms with van der Waals surface area (Å²) < 4.78 is 18.6. The first-order valence-electron chi connectivity index (χ1n) is 6.32. The molecule has 1 aromatic rings. The Morgan fingerprint density at radius 2 is 1.33 bits per heavy atom. The summed E-state index contributed by atoms with van der Waals surface area (Å²) in [6, 6.07) is 8.20. The topological polar surface area (TPSA) is 27.7 Å². The summed E-state index contributed by atoms with van der Waals surface area (Å²) in [5.41, 5.74) is 1.18. The molecule has 5 heteroatoms. The Kier molecular flexibility index (Phi) is 7.35. The molecule has 0 aliphatic rings. The van der Waals surface area contributed by atoms with E-state index >= 15 is 0 Å². The fourth-order valence-corrected chi connectivity index (χ4v) is 4.67. The molecule has 0 heterocycles. The zero-order valence-electron chi connectivity index (χ0n) is 11.2. The molecule has 0 radical (unpaired) electrons. The van der Waals surface area contributed by atoms with E-state index in [9.17, 15) is 0 Å². The first-order valence-corrected chi connectivity index (χ1v) is 9.04. The molecule has 0 bridgehead atoms. The number of halogens is 1. The van der Waals surface area contributed by atoms with Crippen LogP contribution >= 0.6 is 23.9 Å². The Balaban J connectivity index is 2.84. The van der Waals surface area contributed by atoms with Crippen LogP contribution in [-0.2, 0) is 19.7 Å². The molecule has 0 unspecified atom stereocenters. The molecule has 0 aromatic heterocycles. The van der Waals surface area contributed by atoms with Crippen LogP contribution in [-0.4, -0.2) is 19.8 Å². The number of hydrogen-bond donors (Lipinski definition) is 0. The van der Waals surface area contributed by atoms with Gasteiger partial charge in [0.25, 0.3) is 0 Å². The summed E-state index contributed by atoms with van der Waals surface area (Å²) in [6.07, 6.45) is 0.718. The summed E-state index contributed by atoms with van der Waals surface area (Å²) in [6.45, 7) is 7.76. The van der Waals surface area contributed by atoms with Crippen LogP contribution in [0.15, 0.2) is 28.7 Å². The predicted molar refractivity (Wildman–Crippen MR) is 81.0 cm³/mol. The summed E-state index contributed by atoms with van der Waals surface area (Å²) in [5, 5.41) is 0. The predicted octanol–water partition coefficient (Wildman–Crippen LogP) is 4.55. The van der Waals surface area contributed by atoms with Crippen molar-refractivity contribution in [3.8, 4) is 0 Å². The van der Waals surface area contributed by atoms with Gasteiger partial charge in [0.05, 0.1) is 0 Å². The van der Waals surface area contributed by atoms with Crippen LogP contribution in [0.4, 0.5) is 0 Å². The van der Waals surface area contributed by atoms with Gasteiger partial charge in [-0.25, -0.2) is 0 Å². The number of hydrogen-bond acceptors (Lipinski definition) is 3. The van der Waals surface area contributed by atoms with Gasteiger partial charge < -0.3 is 0 Å². The SMILES string of the molecule is CCO[PH](Cc1ccc(Br)cc1)(OCC)OCC. The van der Waals surface area contributed by atoms with Gasteiger partial charge in [-0.2, -0.15) is 0 Å². The van der Waals surface area contributed by atoms with Crippen LogP contribution in [0.25, 0.3) is 0 Å². The van der Waals surface area contributed by atoms with Crippen LogP contribution in [0.3, 0.4) is 0 Å². The molecule has 0 fully saturated rings. The molecule has 1 rings (SSSR count). The van der Waals surface area contributed by atoms with Crippen molar-refractivity contribution in [1.29, 1.82) is 0 Å². The van der Waals surface area contributed by atoms with Gasteiger partial charge >= 0.3 is 118 Å². The van der Waals surface area contributed by atoms with Crippen LogP contribution in [0.5, 0.6) is 0 Å². The molecule has 0 spiro atoms. The zero-order valence-corrected chi connectivity index (χ0v) is 13.8. The molecule has 1 aromatic carbocycles. The van der Waals surface area contributed by atoms with Crippen LogP contribution in [0.1, 0.15) is 26.3 Å². The van der Waals surface area contributed by atoms with E-state index in [0.717, 1.165) is 10.6 Å². The van der Waals surface area contributed by atoms with E-state index in [4.69, 9.17) is 13.6 Å². The molecule has 18 heavy (non-hydrogen) atoms. The second kappa shape index (κ2) is 8.23. The Morgan fingerprint density at radius 3 is 1.72 bits per heavy atom. The van der Waals surface area contributed by atoms with Crippen molar-refractivity contribution in [3.63, 3.8) is 0 Å². The number of benzene rings is 1. The molecule has 3 nitrogen and oxygen atoms in total.